The molecule has 0 unspecified atom stereocenters. The molecule has 4 rings (SSSR count). The summed E-state index contributed by atoms with van der Waals surface area (Å²) >= 11 is 1.27. The molecule has 0 saturated carbocycles. The second kappa shape index (κ2) is 9.59. The number of aromatic amines is 1. The van der Waals surface area contributed by atoms with Crippen LogP contribution < -0.4 is 15.6 Å². The van der Waals surface area contributed by atoms with Crippen molar-refractivity contribution in [2.75, 3.05) is 40.0 Å². The molecule has 2 aromatic heterocycles. The van der Waals surface area contributed by atoms with Gasteiger partial charge in [0.15, 0.2) is 0 Å². The first-order valence-electron chi connectivity index (χ1n) is 10.3. The van der Waals surface area contributed by atoms with Gasteiger partial charge in [-0.1, -0.05) is 12.1 Å². The van der Waals surface area contributed by atoms with Gasteiger partial charge in [-0.25, -0.2) is 4.98 Å². The highest BCUT2D eigenvalue weighted by molar-refractivity contribution is 7.20. The van der Waals surface area contributed by atoms with Gasteiger partial charge in [0.25, 0.3) is 11.5 Å². The van der Waals surface area contributed by atoms with Gasteiger partial charge in [0.2, 0.25) is 0 Å². The van der Waals surface area contributed by atoms with Gasteiger partial charge in [0.05, 0.1) is 37.1 Å². The summed E-state index contributed by atoms with van der Waals surface area (Å²) in [6, 6.07) is 7.77. The fraction of sp³-hybridized carbons (Fsp3) is 0.409. The quantitative estimate of drug-likeness (QED) is 0.582. The summed E-state index contributed by atoms with van der Waals surface area (Å²) in [5, 5.41) is 3.45. The molecule has 3 heterocycles. The zero-order chi connectivity index (χ0) is 21.8. The largest absolute Gasteiger partial charge is 0.497 e. The van der Waals surface area contributed by atoms with Crippen molar-refractivity contribution >= 4 is 27.5 Å². The number of nitrogens with zero attached hydrogens (tertiary/aromatic N) is 2. The highest BCUT2D eigenvalue weighted by atomic mass is 32.1. The number of morpholine rings is 1. The minimum atomic E-state index is -0.195. The first-order valence-corrected chi connectivity index (χ1v) is 11.1. The molecular formula is C22H26N4O4S. The highest BCUT2D eigenvalue weighted by Crippen LogP contribution is 2.27. The zero-order valence-corrected chi connectivity index (χ0v) is 18.5. The molecule has 0 aliphatic carbocycles. The number of benzene rings is 1. The van der Waals surface area contributed by atoms with Crippen molar-refractivity contribution in [3.8, 4) is 5.75 Å². The standard InChI is InChI=1S/C22H26N4O4S/c1-14-18-20(27)24-17(13-26-9-11-30-12-10-26)25-22(18)31-19(14)21(28)23-8-7-15-3-5-16(29-2)6-4-15/h3-6H,7-13H2,1-2H3,(H,23,28)(H,24,25,27). The highest BCUT2D eigenvalue weighted by Gasteiger charge is 2.20. The fourth-order valence-electron chi connectivity index (χ4n) is 3.64. The number of hydrogen-bond donors (Lipinski definition) is 2. The Morgan fingerprint density at radius 3 is 2.74 bits per heavy atom. The van der Waals surface area contributed by atoms with Crippen LogP contribution in [0, 0.1) is 6.92 Å². The molecule has 1 amide bonds. The molecule has 1 fully saturated rings. The smallest absolute Gasteiger partial charge is 0.261 e. The first-order chi connectivity index (χ1) is 15.0. The van der Waals surface area contributed by atoms with E-state index >= 15 is 0 Å². The molecule has 0 bridgehead atoms. The van der Waals surface area contributed by atoms with E-state index in [-0.39, 0.29) is 11.5 Å². The molecule has 31 heavy (non-hydrogen) atoms. The molecule has 1 aliphatic heterocycles. The number of carbonyl (C=O) groups is 1. The Labute approximate surface area is 184 Å². The SMILES string of the molecule is COc1ccc(CCNC(=O)c2sc3nc(CN4CCOCC4)[nH]c(=O)c3c2C)cc1. The number of nitrogens with one attached hydrogen (secondary N) is 2. The topological polar surface area (TPSA) is 96.5 Å². The molecule has 1 aliphatic rings. The lowest BCUT2D eigenvalue weighted by atomic mass is 10.1. The van der Waals surface area contributed by atoms with Crippen LogP contribution in [-0.4, -0.2) is 60.7 Å². The van der Waals surface area contributed by atoms with E-state index in [2.05, 4.69) is 20.2 Å². The van der Waals surface area contributed by atoms with Gasteiger partial charge in [-0.2, -0.15) is 0 Å². The lowest BCUT2D eigenvalue weighted by Crippen LogP contribution is -2.36. The van der Waals surface area contributed by atoms with Crippen molar-refractivity contribution in [1.29, 1.82) is 0 Å². The minimum absolute atomic E-state index is 0.178. The van der Waals surface area contributed by atoms with Crippen LogP contribution in [0.1, 0.15) is 26.6 Å². The second-order valence-electron chi connectivity index (χ2n) is 7.49. The lowest BCUT2D eigenvalue weighted by molar-refractivity contribution is 0.0331. The van der Waals surface area contributed by atoms with Crippen molar-refractivity contribution in [1.82, 2.24) is 20.2 Å². The molecule has 8 nitrogen and oxygen atoms in total. The Morgan fingerprint density at radius 1 is 1.29 bits per heavy atom. The molecule has 1 aromatic carbocycles. The van der Waals surface area contributed by atoms with Crippen LogP contribution in [0.25, 0.3) is 10.2 Å². The second-order valence-corrected chi connectivity index (χ2v) is 8.49. The Bertz CT molecular complexity index is 1120. The molecule has 0 spiro atoms. The van der Waals surface area contributed by atoms with E-state index in [0.717, 1.165) is 24.4 Å². The van der Waals surface area contributed by atoms with E-state index < -0.39 is 0 Å². The Morgan fingerprint density at radius 2 is 2.03 bits per heavy atom. The summed E-state index contributed by atoms with van der Waals surface area (Å²) in [6.07, 6.45) is 0.711. The number of ether oxygens (including phenoxy) is 2. The number of carbonyl (C=O) groups excluding carboxylic acids is 1. The average Bonchev–Trinajstić information content (AvgIpc) is 3.11. The van der Waals surface area contributed by atoms with Crippen LogP contribution >= 0.6 is 11.3 Å². The number of fused-ring (bicyclic) bond motifs is 1. The van der Waals surface area contributed by atoms with Crippen molar-refractivity contribution in [2.45, 2.75) is 19.9 Å². The summed E-state index contributed by atoms with van der Waals surface area (Å²) in [5.41, 5.74) is 1.59. The Balaban J connectivity index is 1.45. The van der Waals surface area contributed by atoms with Gasteiger partial charge < -0.3 is 19.8 Å². The fourth-order valence-corrected chi connectivity index (χ4v) is 4.76. The predicted molar refractivity (Wildman–Crippen MR) is 120 cm³/mol. The zero-order valence-electron chi connectivity index (χ0n) is 17.7. The number of hydrogen-bond acceptors (Lipinski definition) is 7. The van der Waals surface area contributed by atoms with Crippen LogP contribution in [0.5, 0.6) is 5.75 Å². The van der Waals surface area contributed by atoms with Gasteiger partial charge in [0.1, 0.15) is 16.4 Å². The van der Waals surface area contributed by atoms with Crippen LogP contribution in [0.3, 0.4) is 0 Å². The number of aromatic nitrogens is 2. The van der Waals surface area contributed by atoms with Gasteiger partial charge in [0, 0.05) is 19.6 Å². The van der Waals surface area contributed by atoms with E-state index in [9.17, 15) is 9.59 Å². The van der Waals surface area contributed by atoms with E-state index in [4.69, 9.17) is 9.47 Å². The van der Waals surface area contributed by atoms with Gasteiger partial charge in [-0.15, -0.1) is 11.3 Å². The number of aryl methyl sites for hydroxylation is 1. The first kappa shape index (κ1) is 21.5. The van der Waals surface area contributed by atoms with Gasteiger partial charge in [-0.05, 0) is 36.6 Å². The van der Waals surface area contributed by atoms with E-state index in [1.165, 1.54) is 11.3 Å². The van der Waals surface area contributed by atoms with Crippen LogP contribution in [0.2, 0.25) is 0 Å². The summed E-state index contributed by atoms with van der Waals surface area (Å²) in [6.45, 7) is 5.87. The number of amides is 1. The van der Waals surface area contributed by atoms with Crippen LogP contribution in [0.15, 0.2) is 29.1 Å². The monoisotopic (exact) mass is 442 g/mol. The molecule has 3 aromatic rings. The van der Waals surface area contributed by atoms with E-state index in [1.807, 2.05) is 24.3 Å². The number of thiophene rings is 1. The summed E-state index contributed by atoms with van der Waals surface area (Å²) in [5.74, 6) is 1.25. The Hall–Kier alpha value is -2.75. The molecule has 0 radical (unpaired) electrons. The van der Waals surface area contributed by atoms with E-state index in [1.54, 1.807) is 14.0 Å². The minimum Gasteiger partial charge on any atom is -0.497 e. The molecule has 164 valence electrons. The lowest BCUT2D eigenvalue weighted by Gasteiger charge is -2.25. The van der Waals surface area contributed by atoms with Crippen molar-refractivity contribution in [3.05, 3.63) is 56.4 Å². The third-order valence-corrected chi connectivity index (χ3v) is 6.58. The maximum Gasteiger partial charge on any atom is 0.261 e. The van der Waals surface area contributed by atoms with E-state index in [0.29, 0.717) is 59.2 Å². The predicted octanol–water partition coefficient (Wildman–Crippen LogP) is 2.11. The average molecular weight is 443 g/mol. The molecule has 9 heteroatoms. The number of methoxy groups -OCH3 is 1. The third kappa shape index (κ3) is 4.95. The van der Waals surface area contributed by atoms with Gasteiger partial charge in [-0.3, -0.25) is 14.5 Å². The van der Waals surface area contributed by atoms with Crippen molar-refractivity contribution in [3.63, 3.8) is 0 Å². The molecule has 0 atom stereocenters. The van der Waals surface area contributed by atoms with Crippen molar-refractivity contribution < 1.29 is 14.3 Å². The summed E-state index contributed by atoms with van der Waals surface area (Å²) in [4.78, 5) is 36.3. The number of rotatable bonds is 7. The molecule has 1 saturated heterocycles. The van der Waals surface area contributed by atoms with Gasteiger partial charge >= 0.3 is 0 Å². The third-order valence-electron chi connectivity index (χ3n) is 5.39. The maximum absolute atomic E-state index is 12.8. The molecule has 2 N–H and O–H groups in total. The van der Waals surface area contributed by atoms with Crippen LogP contribution in [0.4, 0.5) is 0 Å². The molecular weight excluding hydrogens is 416 g/mol. The van der Waals surface area contributed by atoms with Crippen LogP contribution in [-0.2, 0) is 17.7 Å². The normalized spacial score (nSPS) is 14.6. The maximum atomic E-state index is 12.8. The number of H-pyrrole nitrogens is 1. The summed E-state index contributed by atoms with van der Waals surface area (Å²) < 4.78 is 10.5. The summed E-state index contributed by atoms with van der Waals surface area (Å²) in [7, 11) is 1.63. The van der Waals surface area contributed by atoms with Crippen molar-refractivity contribution in [2.24, 2.45) is 0 Å². The Kier molecular flexibility index (Phi) is 6.64.